The average molecular weight is 245 g/mol. The minimum atomic E-state index is 0.119. The van der Waals surface area contributed by atoms with Gasteiger partial charge in [0.2, 0.25) is 17.7 Å². The van der Waals surface area contributed by atoms with E-state index in [1.807, 2.05) is 26.0 Å². The van der Waals surface area contributed by atoms with Crippen molar-refractivity contribution in [1.29, 1.82) is 0 Å². The Kier molecular flexibility index (Phi) is 3.32. The summed E-state index contributed by atoms with van der Waals surface area (Å²) in [5, 5.41) is 0. The van der Waals surface area contributed by atoms with Gasteiger partial charge in [-0.1, -0.05) is 6.07 Å². The van der Waals surface area contributed by atoms with E-state index >= 15 is 0 Å². The Labute approximate surface area is 106 Å². The number of hydrogen-bond donors (Lipinski definition) is 1. The lowest BCUT2D eigenvalue weighted by atomic mass is 10.1. The Morgan fingerprint density at radius 2 is 1.56 bits per heavy atom. The van der Waals surface area contributed by atoms with E-state index in [1.54, 1.807) is 6.07 Å². The lowest BCUT2D eigenvalue weighted by Crippen LogP contribution is -1.99. The van der Waals surface area contributed by atoms with Crippen LogP contribution in [0.1, 0.15) is 11.1 Å². The van der Waals surface area contributed by atoms with Crippen molar-refractivity contribution in [2.45, 2.75) is 13.8 Å². The van der Waals surface area contributed by atoms with Crippen molar-refractivity contribution in [3.8, 4) is 17.5 Å². The third-order valence-electron chi connectivity index (χ3n) is 2.32. The highest BCUT2D eigenvalue weighted by atomic mass is 16.5. The minimum Gasteiger partial charge on any atom is -0.481 e. The molecule has 0 unspecified atom stereocenters. The van der Waals surface area contributed by atoms with Gasteiger partial charge in [-0.15, -0.1) is 0 Å². The topological polar surface area (TPSA) is 70.3 Å². The summed E-state index contributed by atoms with van der Waals surface area (Å²) in [5.74, 6) is 1.58. The first-order valence-corrected chi connectivity index (χ1v) is 5.51. The molecule has 0 spiro atoms. The van der Waals surface area contributed by atoms with E-state index in [0.29, 0.717) is 17.5 Å². The minimum absolute atomic E-state index is 0.119. The van der Waals surface area contributed by atoms with Crippen LogP contribution in [0.25, 0.3) is 0 Å². The molecule has 2 N–H and O–H groups in total. The molecule has 0 saturated heterocycles. The highest BCUT2D eigenvalue weighted by Crippen LogP contribution is 2.24. The fourth-order valence-corrected chi connectivity index (χ4v) is 1.69. The fourth-order valence-electron chi connectivity index (χ4n) is 1.69. The Bertz CT molecular complexity index is 550. The predicted molar refractivity (Wildman–Crippen MR) is 69.0 cm³/mol. The van der Waals surface area contributed by atoms with E-state index < -0.39 is 0 Å². The molecule has 18 heavy (non-hydrogen) atoms. The number of aromatic nitrogens is 2. The zero-order valence-corrected chi connectivity index (χ0v) is 10.6. The molecule has 0 atom stereocenters. The summed E-state index contributed by atoms with van der Waals surface area (Å²) in [6.45, 7) is 4.02. The molecule has 0 aliphatic heterocycles. The quantitative estimate of drug-likeness (QED) is 0.899. The number of hydrogen-bond acceptors (Lipinski definition) is 5. The van der Waals surface area contributed by atoms with Crippen LogP contribution in [0, 0.1) is 13.8 Å². The average Bonchev–Trinajstić information content (AvgIpc) is 2.26. The summed E-state index contributed by atoms with van der Waals surface area (Å²) in [6, 6.07) is 7.52. The molecule has 5 nitrogen and oxygen atoms in total. The summed E-state index contributed by atoms with van der Waals surface area (Å²) in [5.41, 5.74) is 7.81. The lowest BCUT2D eigenvalue weighted by Gasteiger charge is -2.08. The molecule has 2 aromatic rings. The zero-order valence-electron chi connectivity index (χ0n) is 10.6. The second-order valence-electron chi connectivity index (χ2n) is 4.03. The van der Waals surface area contributed by atoms with Crippen molar-refractivity contribution < 1.29 is 9.47 Å². The van der Waals surface area contributed by atoms with Crippen LogP contribution < -0.4 is 15.2 Å². The first-order chi connectivity index (χ1) is 8.56. The molecule has 0 amide bonds. The van der Waals surface area contributed by atoms with Crippen molar-refractivity contribution in [1.82, 2.24) is 9.97 Å². The van der Waals surface area contributed by atoms with Crippen molar-refractivity contribution in [3.05, 3.63) is 35.4 Å². The van der Waals surface area contributed by atoms with Crippen molar-refractivity contribution in [2.75, 3.05) is 12.8 Å². The van der Waals surface area contributed by atoms with Crippen LogP contribution in [0.3, 0.4) is 0 Å². The second kappa shape index (κ2) is 4.91. The van der Waals surface area contributed by atoms with Gasteiger partial charge in [-0.05, 0) is 37.1 Å². The van der Waals surface area contributed by atoms with E-state index in [2.05, 4.69) is 16.0 Å². The van der Waals surface area contributed by atoms with Crippen LogP contribution >= 0.6 is 0 Å². The van der Waals surface area contributed by atoms with Gasteiger partial charge in [0.1, 0.15) is 5.75 Å². The predicted octanol–water partition coefficient (Wildman–Crippen LogP) is 2.48. The molecule has 5 heteroatoms. The monoisotopic (exact) mass is 245 g/mol. The number of rotatable bonds is 3. The first-order valence-electron chi connectivity index (χ1n) is 5.51. The Balaban J connectivity index is 2.30. The molecule has 1 aromatic carbocycles. The van der Waals surface area contributed by atoms with E-state index in [4.69, 9.17) is 15.2 Å². The number of nitrogens with zero attached hydrogens (tertiary/aromatic N) is 2. The van der Waals surface area contributed by atoms with Crippen molar-refractivity contribution in [2.24, 2.45) is 0 Å². The molecule has 1 heterocycles. The van der Waals surface area contributed by atoms with E-state index in [-0.39, 0.29) is 5.95 Å². The van der Waals surface area contributed by atoms with Gasteiger partial charge in [0.05, 0.1) is 13.2 Å². The van der Waals surface area contributed by atoms with Crippen LogP contribution in [0.15, 0.2) is 24.3 Å². The van der Waals surface area contributed by atoms with Gasteiger partial charge in [0.25, 0.3) is 0 Å². The summed E-state index contributed by atoms with van der Waals surface area (Å²) in [4.78, 5) is 7.89. The highest BCUT2D eigenvalue weighted by molar-refractivity contribution is 5.37. The van der Waals surface area contributed by atoms with Gasteiger partial charge in [-0.3, -0.25) is 0 Å². The smallest absolute Gasteiger partial charge is 0.227 e. The van der Waals surface area contributed by atoms with Gasteiger partial charge in [-0.2, -0.15) is 9.97 Å². The lowest BCUT2D eigenvalue weighted by molar-refractivity contribution is 0.389. The molecule has 0 radical (unpaired) electrons. The molecular formula is C13H15N3O2. The van der Waals surface area contributed by atoms with Crippen LogP contribution in [0.4, 0.5) is 5.95 Å². The maximum Gasteiger partial charge on any atom is 0.227 e. The third-order valence-corrected chi connectivity index (χ3v) is 2.32. The largest absolute Gasteiger partial charge is 0.481 e. The number of nitrogens with two attached hydrogens (primary N) is 1. The zero-order chi connectivity index (χ0) is 13.1. The molecule has 0 saturated carbocycles. The van der Waals surface area contributed by atoms with E-state index in [0.717, 1.165) is 11.1 Å². The number of aryl methyl sites for hydroxylation is 2. The summed E-state index contributed by atoms with van der Waals surface area (Å²) in [6.07, 6.45) is 0. The number of methoxy groups -OCH3 is 1. The Hall–Kier alpha value is -2.30. The van der Waals surface area contributed by atoms with Crippen LogP contribution in [0.5, 0.6) is 17.5 Å². The van der Waals surface area contributed by atoms with Crippen LogP contribution in [0.2, 0.25) is 0 Å². The maximum atomic E-state index is 5.65. The second-order valence-corrected chi connectivity index (χ2v) is 4.03. The number of anilines is 1. The fraction of sp³-hybridized carbons (Fsp3) is 0.231. The third kappa shape index (κ3) is 2.88. The molecule has 0 bridgehead atoms. The van der Waals surface area contributed by atoms with Crippen LogP contribution in [-0.4, -0.2) is 17.1 Å². The SMILES string of the molecule is COc1cc(Oc2cc(C)cc(C)c2)nc(N)n1. The molecule has 1 aromatic heterocycles. The number of nitrogen functional groups attached to an aromatic ring is 1. The van der Waals surface area contributed by atoms with Crippen molar-refractivity contribution in [3.63, 3.8) is 0 Å². The molecule has 2 rings (SSSR count). The first kappa shape index (κ1) is 12.2. The van der Waals surface area contributed by atoms with E-state index in [1.165, 1.54) is 7.11 Å². The molecule has 94 valence electrons. The van der Waals surface area contributed by atoms with E-state index in [9.17, 15) is 0 Å². The standard InChI is InChI=1S/C13H15N3O2/c1-8-4-9(2)6-10(5-8)18-12-7-11(17-3)15-13(14)16-12/h4-7H,1-3H3,(H2,14,15,16). The molecular weight excluding hydrogens is 230 g/mol. The summed E-state index contributed by atoms with van der Waals surface area (Å²) >= 11 is 0. The molecule has 0 aliphatic rings. The molecule has 0 fully saturated rings. The van der Waals surface area contributed by atoms with Gasteiger partial charge in [0.15, 0.2) is 0 Å². The normalized spacial score (nSPS) is 10.2. The van der Waals surface area contributed by atoms with Crippen molar-refractivity contribution >= 4 is 5.95 Å². The maximum absolute atomic E-state index is 5.65. The van der Waals surface area contributed by atoms with Gasteiger partial charge < -0.3 is 15.2 Å². The summed E-state index contributed by atoms with van der Waals surface area (Å²) < 4.78 is 10.7. The molecule has 0 aliphatic carbocycles. The highest BCUT2D eigenvalue weighted by Gasteiger charge is 2.05. The summed E-state index contributed by atoms with van der Waals surface area (Å²) in [7, 11) is 1.52. The van der Waals surface area contributed by atoms with Gasteiger partial charge in [0, 0.05) is 0 Å². The van der Waals surface area contributed by atoms with Gasteiger partial charge in [-0.25, -0.2) is 0 Å². The number of benzene rings is 1. The Morgan fingerprint density at radius 3 is 2.17 bits per heavy atom. The number of ether oxygens (including phenoxy) is 2. The van der Waals surface area contributed by atoms with Gasteiger partial charge >= 0.3 is 0 Å². The Morgan fingerprint density at radius 1 is 0.944 bits per heavy atom. The van der Waals surface area contributed by atoms with Crippen LogP contribution in [-0.2, 0) is 0 Å².